The second-order valence-electron chi connectivity index (χ2n) is 8.20. The van der Waals surface area contributed by atoms with Crippen LogP contribution >= 0.6 is 22.7 Å². The maximum atomic E-state index is 13.3. The average Bonchev–Trinajstić information content (AvgIpc) is 3.45. The van der Waals surface area contributed by atoms with Crippen LogP contribution in [0.2, 0.25) is 0 Å². The number of hydrogen-bond donors (Lipinski definition) is 1. The fourth-order valence-electron chi connectivity index (χ4n) is 3.68. The molecule has 1 amide bonds. The van der Waals surface area contributed by atoms with E-state index in [1.165, 1.54) is 28.2 Å². The SMILES string of the molecule is Cc1ccc(NC(=O)Cc2nc(Cn3cnc4scc(-c5ccc(C)cc5)c4c3=O)cs2)cc1. The molecule has 2 aromatic carbocycles. The summed E-state index contributed by atoms with van der Waals surface area (Å²) in [5.74, 6) is -0.119. The van der Waals surface area contributed by atoms with Crippen molar-refractivity contribution in [1.82, 2.24) is 14.5 Å². The molecule has 8 heteroatoms. The summed E-state index contributed by atoms with van der Waals surface area (Å²) in [6.07, 6.45) is 1.76. The molecule has 3 aromatic heterocycles. The highest BCUT2D eigenvalue weighted by molar-refractivity contribution is 7.17. The smallest absolute Gasteiger partial charge is 0.263 e. The molecule has 170 valence electrons. The van der Waals surface area contributed by atoms with Crippen molar-refractivity contribution < 1.29 is 4.79 Å². The van der Waals surface area contributed by atoms with Gasteiger partial charge in [0.15, 0.2) is 0 Å². The number of amides is 1. The quantitative estimate of drug-likeness (QED) is 0.347. The van der Waals surface area contributed by atoms with Crippen molar-refractivity contribution in [1.29, 1.82) is 0 Å². The van der Waals surface area contributed by atoms with Crippen LogP contribution < -0.4 is 10.9 Å². The largest absolute Gasteiger partial charge is 0.326 e. The van der Waals surface area contributed by atoms with Crippen molar-refractivity contribution in [3.63, 3.8) is 0 Å². The van der Waals surface area contributed by atoms with E-state index >= 15 is 0 Å². The first kappa shape index (κ1) is 22.2. The molecule has 0 atom stereocenters. The maximum absolute atomic E-state index is 13.3. The molecule has 34 heavy (non-hydrogen) atoms. The number of aryl methyl sites for hydroxylation is 2. The van der Waals surface area contributed by atoms with Crippen molar-refractivity contribution >= 4 is 44.5 Å². The summed E-state index contributed by atoms with van der Waals surface area (Å²) < 4.78 is 1.58. The molecule has 0 aliphatic rings. The summed E-state index contributed by atoms with van der Waals surface area (Å²) in [6, 6.07) is 15.8. The number of nitrogens with one attached hydrogen (secondary N) is 1. The van der Waals surface area contributed by atoms with Crippen LogP contribution in [-0.2, 0) is 17.8 Å². The van der Waals surface area contributed by atoms with E-state index in [9.17, 15) is 9.59 Å². The standard InChI is InChI=1S/C26H22N4O2S2/c1-16-3-7-18(8-4-16)21-14-34-25-24(21)26(32)30(15-27-25)12-20-13-33-23(29-20)11-22(31)28-19-9-5-17(2)6-10-19/h3-10,13-15H,11-12H2,1-2H3,(H,28,31). The second-order valence-corrected chi connectivity index (χ2v) is 10.00. The molecule has 0 spiro atoms. The van der Waals surface area contributed by atoms with Crippen molar-refractivity contribution in [2.45, 2.75) is 26.8 Å². The van der Waals surface area contributed by atoms with Crippen molar-refractivity contribution in [2.75, 3.05) is 5.32 Å². The summed E-state index contributed by atoms with van der Waals surface area (Å²) in [4.78, 5) is 35.5. The van der Waals surface area contributed by atoms with Crippen LogP contribution in [0.4, 0.5) is 5.69 Å². The summed E-state index contributed by atoms with van der Waals surface area (Å²) in [5, 5.41) is 8.10. The van der Waals surface area contributed by atoms with Gasteiger partial charge in [0, 0.05) is 22.0 Å². The van der Waals surface area contributed by atoms with E-state index in [1.54, 1.807) is 10.9 Å². The zero-order chi connectivity index (χ0) is 23.7. The molecule has 0 fully saturated rings. The summed E-state index contributed by atoms with van der Waals surface area (Å²) in [7, 11) is 0. The van der Waals surface area contributed by atoms with Crippen LogP contribution in [-0.4, -0.2) is 20.4 Å². The molecule has 6 nitrogen and oxygen atoms in total. The number of aromatic nitrogens is 3. The molecule has 1 N–H and O–H groups in total. The molecule has 5 aromatic rings. The Morgan fingerprint density at radius 1 is 0.971 bits per heavy atom. The van der Waals surface area contributed by atoms with Gasteiger partial charge in [0.2, 0.25) is 5.91 Å². The van der Waals surface area contributed by atoms with E-state index < -0.39 is 0 Å². The highest BCUT2D eigenvalue weighted by Gasteiger charge is 2.15. The van der Waals surface area contributed by atoms with Gasteiger partial charge in [-0.1, -0.05) is 47.5 Å². The summed E-state index contributed by atoms with van der Waals surface area (Å²) in [5.41, 5.74) is 5.62. The van der Waals surface area contributed by atoms with Gasteiger partial charge in [-0.15, -0.1) is 22.7 Å². The van der Waals surface area contributed by atoms with E-state index in [0.29, 0.717) is 16.9 Å². The zero-order valence-electron chi connectivity index (χ0n) is 18.7. The van der Waals surface area contributed by atoms with E-state index in [4.69, 9.17) is 0 Å². The fourth-order valence-corrected chi connectivity index (χ4v) is 5.37. The predicted molar refractivity (Wildman–Crippen MR) is 139 cm³/mol. The van der Waals surface area contributed by atoms with Gasteiger partial charge in [0.05, 0.1) is 30.4 Å². The average molecular weight is 487 g/mol. The Morgan fingerprint density at radius 3 is 2.41 bits per heavy atom. The molecule has 0 aliphatic heterocycles. The van der Waals surface area contributed by atoms with Crippen LogP contribution in [0.15, 0.2) is 70.4 Å². The number of rotatable bonds is 6. The van der Waals surface area contributed by atoms with Gasteiger partial charge in [0.1, 0.15) is 9.84 Å². The lowest BCUT2D eigenvalue weighted by molar-refractivity contribution is -0.115. The highest BCUT2D eigenvalue weighted by atomic mass is 32.1. The molecule has 5 rings (SSSR count). The fraction of sp³-hybridized carbons (Fsp3) is 0.154. The molecular weight excluding hydrogens is 464 g/mol. The lowest BCUT2D eigenvalue weighted by atomic mass is 10.1. The molecule has 0 radical (unpaired) electrons. The monoisotopic (exact) mass is 486 g/mol. The molecule has 3 heterocycles. The number of thiophene rings is 1. The van der Waals surface area contributed by atoms with Gasteiger partial charge in [0.25, 0.3) is 5.56 Å². The Labute approximate surface area is 204 Å². The van der Waals surface area contributed by atoms with Crippen LogP contribution in [0.1, 0.15) is 21.8 Å². The number of nitrogens with zero attached hydrogens (tertiary/aromatic N) is 3. The number of hydrogen-bond acceptors (Lipinski definition) is 6. The van der Waals surface area contributed by atoms with E-state index in [0.717, 1.165) is 32.9 Å². The van der Waals surface area contributed by atoms with Crippen LogP contribution in [0.25, 0.3) is 21.3 Å². The first-order valence-electron chi connectivity index (χ1n) is 10.8. The molecule has 0 saturated carbocycles. The molecule has 0 unspecified atom stereocenters. The van der Waals surface area contributed by atoms with Crippen LogP contribution in [0.5, 0.6) is 0 Å². The van der Waals surface area contributed by atoms with Crippen molar-refractivity contribution in [3.8, 4) is 11.1 Å². The number of carbonyl (C=O) groups excluding carboxylic acids is 1. The lowest BCUT2D eigenvalue weighted by Gasteiger charge is -2.05. The van der Waals surface area contributed by atoms with Gasteiger partial charge in [-0.3, -0.25) is 14.2 Å². The minimum absolute atomic E-state index is 0.0894. The zero-order valence-corrected chi connectivity index (χ0v) is 20.4. The van der Waals surface area contributed by atoms with E-state index in [-0.39, 0.29) is 17.9 Å². The Balaban J connectivity index is 1.34. The Kier molecular flexibility index (Phi) is 6.08. The third-order valence-corrected chi connectivity index (χ3v) is 7.29. The van der Waals surface area contributed by atoms with Crippen LogP contribution in [0, 0.1) is 13.8 Å². The van der Waals surface area contributed by atoms with E-state index in [1.807, 2.05) is 73.1 Å². The minimum Gasteiger partial charge on any atom is -0.326 e. The van der Waals surface area contributed by atoms with Crippen molar-refractivity contribution in [3.05, 3.63) is 97.8 Å². The minimum atomic E-state index is -0.119. The third-order valence-electron chi connectivity index (χ3n) is 5.50. The lowest BCUT2D eigenvalue weighted by Crippen LogP contribution is -2.21. The first-order valence-corrected chi connectivity index (χ1v) is 12.6. The number of carbonyl (C=O) groups is 1. The van der Waals surface area contributed by atoms with E-state index in [2.05, 4.69) is 15.3 Å². The first-order chi connectivity index (χ1) is 16.5. The Morgan fingerprint density at radius 2 is 1.68 bits per heavy atom. The molecule has 0 aliphatic carbocycles. The van der Waals surface area contributed by atoms with Gasteiger partial charge < -0.3 is 5.32 Å². The number of fused-ring (bicyclic) bond motifs is 1. The number of thiazole rings is 1. The molecule has 0 saturated heterocycles. The van der Waals surface area contributed by atoms with Gasteiger partial charge >= 0.3 is 0 Å². The number of anilines is 1. The topological polar surface area (TPSA) is 76.9 Å². The molecule has 0 bridgehead atoms. The highest BCUT2D eigenvalue weighted by Crippen LogP contribution is 2.30. The third kappa shape index (κ3) is 4.69. The van der Waals surface area contributed by atoms with Crippen molar-refractivity contribution in [2.24, 2.45) is 0 Å². The number of benzene rings is 2. The Bertz CT molecular complexity index is 1530. The van der Waals surface area contributed by atoms with Gasteiger partial charge in [-0.25, -0.2) is 9.97 Å². The van der Waals surface area contributed by atoms with Gasteiger partial charge in [-0.2, -0.15) is 0 Å². The predicted octanol–water partition coefficient (Wildman–Crippen LogP) is 5.43. The Hall–Kier alpha value is -3.62. The summed E-state index contributed by atoms with van der Waals surface area (Å²) >= 11 is 2.89. The summed E-state index contributed by atoms with van der Waals surface area (Å²) in [6.45, 7) is 4.35. The second kappa shape index (κ2) is 9.32. The maximum Gasteiger partial charge on any atom is 0.263 e. The van der Waals surface area contributed by atoms with Gasteiger partial charge in [-0.05, 0) is 31.5 Å². The molecular formula is C26H22N4O2S2. The van der Waals surface area contributed by atoms with Crippen LogP contribution in [0.3, 0.4) is 0 Å². The normalized spacial score (nSPS) is 11.1.